The first-order valence-electron chi connectivity index (χ1n) is 8.18. The van der Waals surface area contributed by atoms with Crippen molar-refractivity contribution in [3.05, 3.63) is 17.5 Å². The van der Waals surface area contributed by atoms with Crippen LogP contribution in [0.25, 0.3) is 0 Å². The second kappa shape index (κ2) is 7.14. The third-order valence-electron chi connectivity index (χ3n) is 3.90. The normalized spacial score (nSPS) is 19.6. The molecule has 23 heavy (non-hydrogen) atoms. The molecule has 3 rings (SSSR count). The minimum Gasteiger partial charge on any atom is -0.368 e. The van der Waals surface area contributed by atoms with Crippen LogP contribution in [0.4, 0.5) is 0 Å². The molecule has 1 fully saturated rings. The van der Waals surface area contributed by atoms with Gasteiger partial charge in [-0.3, -0.25) is 10.00 Å². The lowest BCUT2D eigenvalue weighted by atomic mass is 10.2. The van der Waals surface area contributed by atoms with Crippen molar-refractivity contribution in [3.63, 3.8) is 0 Å². The Labute approximate surface area is 135 Å². The van der Waals surface area contributed by atoms with Gasteiger partial charge in [-0.1, -0.05) is 20.8 Å². The summed E-state index contributed by atoms with van der Waals surface area (Å²) in [5, 5.41) is 19.2. The van der Waals surface area contributed by atoms with Crippen molar-refractivity contribution in [2.45, 2.75) is 52.3 Å². The number of nitrogens with zero attached hydrogens (tertiary/aromatic N) is 7. The fourth-order valence-electron chi connectivity index (χ4n) is 2.62. The molecule has 0 aliphatic carbocycles. The molecule has 1 aliphatic heterocycles. The van der Waals surface area contributed by atoms with E-state index in [1.165, 1.54) is 0 Å². The smallest absolute Gasteiger partial charge is 0.165 e. The molecule has 0 aromatic carbocycles. The maximum absolute atomic E-state index is 5.85. The molecule has 1 N–H and O–H groups in total. The van der Waals surface area contributed by atoms with Gasteiger partial charge in [0.1, 0.15) is 6.10 Å². The highest BCUT2D eigenvalue weighted by Crippen LogP contribution is 2.21. The zero-order valence-electron chi connectivity index (χ0n) is 13.9. The number of aromatic nitrogens is 7. The first kappa shape index (κ1) is 16.0. The van der Waals surface area contributed by atoms with E-state index in [4.69, 9.17) is 4.74 Å². The summed E-state index contributed by atoms with van der Waals surface area (Å²) in [6.45, 7) is 10.1. The van der Waals surface area contributed by atoms with Gasteiger partial charge in [0.2, 0.25) is 0 Å². The van der Waals surface area contributed by atoms with Gasteiger partial charge in [0.05, 0.1) is 13.2 Å². The summed E-state index contributed by atoms with van der Waals surface area (Å²) in [5.74, 6) is 2.82. The summed E-state index contributed by atoms with van der Waals surface area (Å²) in [6, 6.07) is 0. The molecule has 0 radical (unpaired) electrons. The highest BCUT2D eigenvalue weighted by atomic mass is 16.5. The van der Waals surface area contributed by atoms with Crippen molar-refractivity contribution >= 4 is 0 Å². The lowest BCUT2D eigenvalue weighted by Gasteiger charge is -2.31. The number of aromatic amines is 1. The second-order valence-corrected chi connectivity index (χ2v) is 6.15. The van der Waals surface area contributed by atoms with Crippen LogP contribution in [-0.2, 0) is 17.8 Å². The highest BCUT2D eigenvalue weighted by Gasteiger charge is 2.26. The van der Waals surface area contributed by atoms with Crippen molar-refractivity contribution in [3.8, 4) is 0 Å². The monoisotopic (exact) mass is 320 g/mol. The molecule has 9 nitrogen and oxygen atoms in total. The van der Waals surface area contributed by atoms with Gasteiger partial charge in [-0.25, -0.2) is 9.67 Å². The lowest BCUT2D eigenvalue weighted by molar-refractivity contribution is -0.0381. The van der Waals surface area contributed by atoms with E-state index in [2.05, 4.69) is 56.4 Å². The Bertz CT molecular complexity index is 622. The van der Waals surface area contributed by atoms with Crippen LogP contribution >= 0.6 is 0 Å². The van der Waals surface area contributed by atoms with Gasteiger partial charge in [-0.05, 0) is 16.8 Å². The van der Waals surface area contributed by atoms with Crippen LogP contribution in [0, 0.1) is 0 Å². The zero-order valence-corrected chi connectivity index (χ0v) is 13.9. The standard InChI is InChI=1S/C14H24N8O/c1-4-5-22-12(16-19-20-22)9-21-6-7-23-11(8-21)14-15-13(10(2)3)17-18-14/h10-11H,4-9H2,1-3H3,(H,15,17,18)/t11-/m0/s1. The maximum Gasteiger partial charge on any atom is 0.165 e. The van der Waals surface area contributed by atoms with Gasteiger partial charge in [0.25, 0.3) is 0 Å². The van der Waals surface area contributed by atoms with E-state index < -0.39 is 0 Å². The Morgan fingerprint density at radius 3 is 3.00 bits per heavy atom. The molecule has 0 saturated carbocycles. The number of aryl methyl sites for hydroxylation is 1. The highest BCUT2D eigenvalue weighted by molar-refractivity contribution is 4.99. The average Bonchev–Trinajstić information content (AvgIpc) is 3.18. The average molecular weight is 320 g/mol. The van der Waals surface area contributed by atoms with E-state index in [9.17, 15) is 0 Å². The van der Waals surface area contributed by atoms with Crippen LogP contribution in [0.15, 0.2) is 0 Å². The Morgan fingerprint density at radius 2 is 2.26 bits per heavy atom. The molecule has 1 aliphatic rings. The molecule has 0 spiro atoms. The molecule has 126 valence electrons. The largest absolute Gasteiger partial charge is 0.368 e. The first-order chi connectivity index (χ1) is 11.2. The van der Waals surface area contributed by atoms with Gasteiger partial charge >= 0.3 is 0 Å². The Hall–Kier alpha value is -1.87. The van der Waals surface area contributed by atoms with Crippen molar-refractivity contribution in [2.24, 2.45) is 0 Å². The van der Waals surface area contributed by atoms with E-state index >= 15 is 0 Å². The Kier molecular flexibility index (Phi) is 4.97. The topological polar surface area (TPSA) is 97.6 Å². The van der Waals surface area contributed by atoms with E-state index in [1.807, 2.05) is 4.68 Å². The molecule has 2 aromatic heterocycles. The number of ether oxygens (including phenoxy) is 1. The summed E-state index contributed by atoms with van der Waals surface area (Å²) < 4.78 is 7.72. The molecule has 9 heteroatoms. The number of hydrogen-bond acceptors (Lipinski definition) is 7. The van der Waals surface area contributed by atoms with Crippen LogP contribution < -0.4 is 0 Å². The summed E-state index contributed by atoms with van der Waals surface area (Å²) in [7, 11) is 0. The predicted molar refractivity (Wildman–Crippen MR) is 82.5 cm³/mol. The van der Waals surface area contributed by atoms with Gasteiger partial charge in [0, 0.05) is 25.6 Å². The van der Waals surface area contributed by atoms with E-state index in [1.54, 1.807) is 0 Å². The van der Waals surface area contributed by atoms with Crippen LogP contribution in [-0.4, -0.2) is 60.0 Å². The Morgan fingerprint density at radius 1 is 1.39 bits per heavy atom. The summed E-state index contributed by atoms with van der Waals surface area (Å²) in [6.07, 6.45) is 0.930. The first-order valence-corrected chi connectivity index (χ1v) is 8.18. The molecule has 3 heterocycles. The third-order valence-corrected chi connectivity index (χ3v) is 3.90. The molecule has 0 amide bonds. The molecule has 0 unspecified atom stereocenters. The maximum atomic E-state index is 5.85. The third kappa shape index (κ3) is 3.73. The summed E-state index contributed by atoms with van der Waals surface area (Å²) in [4.78, 5) is 6.84. The van der Waals surface area contributed by atoms with E-state index in [0.717, 1.165) is 50.1 Å². The minimum absolute atomic E-state index is 0.0840. The quantitative estimate of drug-likeness (QED) is 0.844. The molecular formula is C14H24N8O. The Balaban J connectivity index is 1.64. The summed E-state index contributed by atoms with van der Waals surface area (Å²) in [5.41, 5.74) is 0. The molecule has 1 atom stereocenters. The predicted octanol–water partition coefficient (Wildman–Crippen LogP) is 0.898. The van der Waals surface area contributed by atoms with Crippen molar-refractivity contribution in [1.29, 1.82) is 0 Å². The fourth-order valence-corrected chi connectivity index (χ4v) is 2.62. The SMILES string of the molecule is CCCn1nnnc1CN1CCO[C@H](c2nc(C(C)C)n[nH]2)C1. The lowest BCUT2D eigenvalue weighted by Crippen LogP contribution is -2.38. The van der Waals surface area contributed by atoms with E-state index in [0.29, 0.717) is 12.5 Å². The fraction of sp³-hybridized carbons (Fsp3) is 0.786. The van der Waals surface area contributed by atoms with Crippen LogP contribution in [0.1, 0.15) is 56.7 Å². The molecule has 1 saturated heterocycles. The van der Waals surface area contributed by atoms with Crippen molar-refractivity contribution in [2.75, 3.05) is 19.7 Å². The zero-order chi connectivity index (χ0) is 16.2. The van der Waals surface area contributed by atoms with Gasteiger partial charge in [0.15, 0.2) is 17.5 Å². The summed E-state index contributed by atoms with van der Waals surface area (Å²) >= 11 is 0. The molecule has 2 aromatic rings. The van der Waals surface area contributed by atoms with Gasteiger partial charge in [-0.2, -0.15) is 5.10 Å². The number of tetrazole rings is 1. The molecule has 0 bridgehead atoms. The van der Waals surface area contributed by atoms with Crippen LogP contribution in [0.3, 0.4) is 0 Å². The van der Waals surface area contributed by atoms with Crippen LogP contribution in [0.2, 0.25) is 0 Å². The number of rotatable bonds is 6. The van der Waals surface area contributed by atoms with Crippen molar-refractivity contribution in [1.82, 2.24) is 40.3 Å². The molecular weight excluding hydrogens is 296 g/mol. The number of H-pyrrole nitrogens is 1. The number of morpholine rings is 1. The second-order valence-electron chi connectivity index (χ2n) is 6.15. The van der Waals surface area contributed by atoms with Crippen molar-refractivity contribution < 1.29 is 4.74 Å². The van der Waals surface area contributed by atoms with Gasteiger partial charge < -0.3 is 4.74 Å². The number of hydrogen-bond donors (Lipinski definition) is 1. The van der Waals surface area contributed by atoms with Crippen LogP contribution in [0.5, 0.6) is 0 Å². The van der Waals surface area contributed by atoms with Gasteiger partial charge in [-0.15, -0.1) is 5.10 Å². The number of nitrogens with one attached hydrogen (secondary N) is 1. The minimum atomic E-state index is -0.0840. The van der Waals surface area contributed by atoms with E-state index in [-0.39, 0.29) is 6.10 Å².